The van der Waals surface area contributed by atoms with E-state index in [1.807, 2.05) is 19.3 Å². The fourth-order valence-corrected chi connectivity index (χ4v) is 9.75. The lowest BCUT2D eigenvalue weighted by molar-refractivity contribution is -0.148. The van der Waals surface area contributed by atoms with Crippen molar-refractivity contribution in [1.29, 1.82) is 0 Å². The molecular weight excluding hydrogens is 1510 g/mol. The number of amides is 8. The number of carbonyl (C=O) groups excluding carboxylic acids is 8. The summed E-state index contributed by atoms with van der Waals surface area (Å²) in [5.74, 6) is -5.00. The van der Waals surface area contributed by atoms with Crippen molar-refractivity contribution in [2.45, 2.75) is 143 Å². The third-order valence-electron chi connectivity index (χ3n) is 16.5. The van der Waals surface area contributed by atoms with Crippen molar-refractivity contribution in [3.8, 4) is 0 Å². The number of para-hydroxylation sites is 1. The Balaban J connectivity index is 0.000000347. The smallest absolute Gasteiger partial charge is 0.337 e. The molecule has 2 unspecified atom stereocenters. The average Bonchev–Trinajstić information content (AvgIpc) is 1.43. The van der Waals surface area contributed by atoms with Gasteiger partial charge < -0.3 is 79.5 Å². The molecule has 117 heavy (non-hydrogen) atoms. The van der Waals surface area contributed by atoms with Crippen LogP contribution in [0, 0.1) is 11.3 Å². The van der Waals surface area contributed by atoms with Gasteiger partial charge in [-0.05, 0) is 67.0 Å². The van der Waals surface area contributed by atoms with Crippen molar-refractivity contribution in [2.24, 2.45) is 68.5 Å². The number of aromatic carboxylic acids is 1. The van der Waals surface area contributed by atoms with Crippen LogP contribution in [0.2, 0.25) is 0 Å². The maximum Gasteiger partial charge on any atom is 0.337 e. The van der Waals surface area contributed by atoms with Crippen molar-refractivity contribution >= 4 is 132 Å². The van der Waals surface area contributed by atoms with E-state index in [0.717, 1.165) is 48.1 Å². The first-order chi connectivity index (χ1) is 55.9. The fourth-order valence-electron chi connectivity index (χ4n) is 9.75. The summed E-state index contributed by atoms with van der Waals surface area (Å²) < 4.78 is 0. The summed E-state index contributed by atoms with van der Waals surface area (Å²) in [5, 5.41) is 59.8. The molecular formula is C80H107N19O18. The van der Waals surface area contributed by atoms with E-state index in [1.54, 1.807) is 156 Å². The van der Waals surface area contributed by atoms with Crippen molar-refractivity contribution in [2.75, 3.05) is 63.6 Å². The van der Waals surface area contributed by atoms with Gasteiger partial charge in [0.15, 0.2) is 6.61 Å². The topological polar surface area (TPSA) is 580 Å². The summed E-state index contributed by atoms with van der Waals surface area (Å²) >= 11 is 0. The van der Waals surface area contributed by atoms with Crippen LogP contribution in [0.1, 0.15) is 140 Å². The van der Waals surface area contributed by atoms with Gasteiger partial charge in [0.05, 0.1) is 17.9 Å². The molecule has 8 aliphatic heterocycles. The maximum atomic E-state index is 11.7. The van der Waals surface area contributed by atoms with E-state index in [9.17, 15) is 57.5 Å². The van der Waals surface area contributed by atoms with Gasteiger partial charge in [-0.1, -0.05) is 71.7 Å². The highest BCUT2D eigenvalue weighted by Crippen LogP contribution is 2.22. The first-order valence-corrected chi connectivity index (χ1v) is 37.4. The molecule has 0 radical (unpaired) electrons. The van der Waals surface area contributed by atoms with E-state index < -0.39 is 47.8 Å². The predicted octanol–water partition coefficient (Wildman–Crippen LogP) is 5.11. The lowest BCUT2D eigenvalue weighted by Crippen LogP contribution is -2.49. The first kappa shape index (κ1) is 98.4. The molecule has 0 saturated carbocycles. The number of carboxylic acid groups (broad SMARTS) is 4. The van der Waals surface area contributed by atoms with Crippen LogP contribution in [0.5, 0.6) is 0 Å². The van der Waals surface area contributed by atoms with E-state index >= 15 is 0 Å². The Kier molecular flexibility index (Phi) is 46.7. The van der Waals surface area contributed by atoms with E-state index in [2.05, 4.69) is 76.7 Å². The summed E-state index contributed by atoms with van der Waals surface area (Å²) in [6, 6.07) is 12.5. The minimum atomic E-state index is -1.14. The molecule has 0 aromatic heterocycles. The monoisotopic (exact) mass is 1620 g/mol. The zero-order valence-electron chi connectivity index (χ0n) is 66.4. The van der Waals surface area contributed by atoms with Crippen LogP contribution in [-0.2, 0) is 64.2 Å². The molecule has 10 rings (SSSR count). The number of benzene rings is 2. The van der Waals surface area contributed by atoms with Crippen LogP contribution >= 0.6 is 0 Å². The standard InChI is InChI=1S/C12H10N2O3.C12H18N2O3.C12H12N2O2.C11H16N2O3.C10H17N3O.2C8H13N3O.C7H8N2O4/c15-11(8-5-6-13-7-8)14-10-4-2-1-3-9(10)12(16)17;15-11(16)5-3-1-2-4-7-14-12(17)10-6-8-13-9-10;15-8-9-1-3-11(4-2-9)14-12(16)10-5-6-13-7-10;1-11(2,3)8(10(15)16)13-9(14)7-4-5-12-6-7;1-7(2)9(5-11)13-10(14)8-3-4-12-6-8;1-11(5-3-9)8(12)7-2-4-10-6-7;9-3-1-4-11-8(12)7-2-5-10-6-7;10-6(11)4-13-9-7(12)5-1-2-8-3-5/h1-4,6-7H,5H2,(H,14,15)(H,16,17);8-9H,1-7H2,(H,14,17)(H,15,16);1-4,6-7,15H,5,8H2,(H,14,16);5-6,8H,4H2,1-3H3,(H,13,14)(H,15,16);4,6-7,9H,3,5,11H2,1-2H3,(H,13,14);4,6H,2-3,5,9H2,1H3;5-6H,1-4,9H2,(H,11,12);2-3H,1,4H2,(H,9,12)(H,10,11). The normalized spacial score (nSPS) is 14.7. The Hall–Kier alpha value is -12.8. The van der Waals surface area contributed by atoms with Gasteiger partial charge >= 0.3 is 23.9 Å². The molecule has 0 bridgehead atoms. The number of unbranched alkanes of at least 4 members (excludes halogenated alkanes) is 3. The van der Waals surface area contributed by atoms with Crippen LogP contribution in [0.4, 0.5) is 11.4 Å². The first-order valence-electron chi connectivity index (χ1n) is 37.4. The highest BCUT2D eigenvalue weighted by molar-refractivity contribution is 6.10. The van der Waals surface area contributed by atoms with Gasteiger partial charge in [-0.25, -0.2) is 19.9 Å². The van der Waals surface area contributed by atoms with Gasteiger partial charge in [-0.3, -0.25) is 87.9 Å². The van der Waals surface area contributed by atoms with Crippen LogP contribution in [0.3, 0.4) is 0 Å². The van der Waals surface area contributed by atoms with Gasteiger partial charge in [0.2, 0.25) is 23.6 Å². The van der Waals surface area contributed by atoms with Crippen molar-refractivity contribution < 1.29 is 87.9 Å². The summed E-state index contributed by atoms with van der Waals surface area (Å²) in [7, 11) is 1.74. The molecule has 2 atom stereocenters. The zero-order valence-corrected chi connectivity index (χ0v) is 66.4. The lowest BCUT2D eigenvalue weighted by atomic mass is 9.86. The second-order valence-corrected chi connectivity index (χ2v) is 27.1. The number of likely N-dealkylation sites (N-methyl/N-ethyl adjacent to an activating group) is 1. The Morgan fingerprint density at radius 1 is 0.479 bits per heavy atom. The second-order valence-electron chi connectivity index (χ2n) is 27.1. The van der Waals surface area contributed by atoms with Crippen molar-refractivity contribution in [1.82, 2.24) is 31.6 Å². The number of aliphatic hydroxyl groups is 1. The number of aliphatic hydroxyl groups excluding tert-OH is 1. The summed E-state index contributed by atoms with van der Waals surface area (Å²) in [6.45, 7) is 12.3. The summed E-state index contributed by atoms with van der Waals surface area (Å²) in [5.41, 5.74) is 24.5. The Bertz CT molecular complexity index is 4270. The molecule has 0 fully saturated rings. The number of anilines is 2. The number of hydrogen-bond donors (Lipinski definition) is 15. The summed E-state index contributed by atoms with van der Waals surface area (Å²) in [4.78, 5) is 171. The highest BCUT2D eigenvalue weighted by atomic mass is 16.7. The average molecular weight is 1620 g/mol. The van der Waals surface area contributed by atoms with E-state index in [0.29, 0.717) is 136 Å². The number of nitrogens with one attached hydrogen (secondary N) is 7. The van der Waals surface area contributed by atoms with E-state index in [1.165, 1.54) is 24.7 Å². The number of nitrogens with two attached hydrogens (primary N) is 3. The lowest BCUT2D eigenvalue weighted by Gasteiger charge is -2.27. The van der Waals surface area contributed by atoms with E-state index in [-0.39, 0.29) is 71.7 Å². The van der Waals surface area contributed by atoms with Gasteiger partial charge in [-0.15, -0.1) is 0 Å². The minimum Gasteiger partial charge on any atom is -0.481 e. The zero-order chi connectivity index (χ0) is 86.5. The third kappa shape index (κ3) is 40.1. The molecule has 18 N–H and O–H groups in total. The quantitative estimate of drug-likeness (QED) is 0.0334. The van der Waals surface area contributed by atoms with Gasteiger partial charge in [0, 0.05) is 253 Å². The molecule has 2 aromatic rings. The molecule has 2 aromatic carbocycles. The minimum absolute atomic E-state index is 0.00716. The Labute approximate surface area is 678 Å². The number of aliphatic imine (C=N–C) groups is 8. The SMILES string of the molecule is CC(C)(C)C(NC(=O)C1=CN=CC1)C(=O)O.CC(C)C(CN)NC(=O)C1=CN=CC1.CN(CCN)C(=O)C1=CN=CC1.NCCCNC(=O)C1=CN=CC1.O=C(Nc1ccc(CO)cc1)C1=CN=CC1.O=C(Nc1ccccc1C(=O)O)C1=CN=CC1.O=C(O)CCCCCCNC(=O)C1=CN=CC1.O=C(O)CONC(=O)C1=CN=CC1. The molecule has 8 heterocycles. The summed E-state index contributed by atoms with van der Waals surface area (Å²) in [6.07, 6.45) is 34.7. The number of aliphatic carboxylic acids is 3. The fraction of sp³-hybridized carbons (Fsp3) is 0.400. The number of carbonyl (C=O) groups is 12. The third-order valence-corrected chi connectivity index (χ3v) is 16.5. The number of rotatable bonds is 32. The van der Waals surface area contributed by atoms with Crippen LogP contribution < -0.4 is 54.6 Å². The number of carboxylic acids is 4. The molecule has 630 valence electrons. The molecule has 0 spiro atoms. The largest absolute Gasteiger partial charge is 0.481 e. The predicted molar refractivity (Wildman–Crippen MR) is 446 cm³/mol. The van der Waals surface area contributed by atoms with Crippen LogP contribution in [-0.4, -0.2) is 216 Å². The number of hydrogen-bond acceptors (Lipinski definition) is 25. The number of hydroxylamine groups is 1. The van der Waals surface area contributed by atoms with Crippen LogP contribution in [0.25, 0.3) is 0 Å². The van der Waals surface area contributed by atoms with E-state index in [4.69, 9.17) is 42.7 Å². The Morgan fingerprint density at radius 3 is 1.27 bits per heavy atom. The van der Waals surface area contributed by atoms with Crippen molar-refractivity contribution in [3.63, 3.8) is 0 Å². The molecule has 0 saturated heterocycles. The molecule has 37 nitrogen and oxygen atoms in total. The van der Waals surface area contributed by atoms with Crippen molar-refractivity contribution in [3.05, 3.63) is 154 Å². The Morgan fingerprint density at radius 2 is 0.889 bits per heavy atom. The second kappa shape index (κ2) is 55.6. The molecule has 8 aliphatic rings. The molecule has 8 amide bonds. The van der Waals surface area contributed by atoms with Gasteiger partial charge in [0.1, 0.15) is 6.04 Å². The maximum absolute atomic E-state index is 11.7. The van der Waals surface area contributed by atoms with Gasteiger partial charge in [0.25, 0.3) is 23.6 Å². The number of nitrogens with zero attached hydrogens (tertiary/aromatic N) is 9. The highest BCUT2D eigenvalue weighted by Gasteiger charge is 2.33. The van der Waals surface area contributed by atoms with Gasteiger partial charge in [-0.2, -0.15) is 0 Å². The molecule has 37 heteroatoms. The van der Waals surface area contributed by atoms with Crippen LogP contribution in [0.15, 0.2) is 183 Å². The molecule has 0 aliphatic carbocycles.